The molecule has 0 aliphatic rings. The molecule has 10 heteroatoms. The van der Waals surface area contributed by atoms with Crippen molar-refractivity contribution < 1.29 is 31.5 Å². The Morgan fingerprint density at radius 1 is 1.38 bits per heavy atom. The van der Waals surface area contributed by atoms with Gasteiger partial charge in [-0.15, -0.1) is 0 Å². The summed E-state index contributed by atoms with van der Waals surface area (Å²) in [5, 5.41) is 2.90. The number of aromatic nitrogens is 2. The molecule has 0 aliphatic carbocycles. The summed E-state index contributed by atoms with van der Waals surface area (Å²) in [5.74, 6) is -1.07. The Morgan fingerprint density at radius 2 is 2.00 bits per heavy atom. The molecule has 4 nitrogen and oxygen atoms in total. The third-order valence-corrected chi connectivity index (χ3v) is 2.99. The lowest BCUT2D eigenvalue weighted by Gasteiger charge is -2.11. The third kappa shape index (κ3) is 2.65. The Kier molecular flexibility index (Phi) is 3.79. The summed E-state index contributed by atoms with van der Waals surface area (Å²) in [4.78, 5) is 11.4. The van der Waals surface area contributed by atoms with E-state index in [9.17, 15) is 26.7 Å². The van der Waals surface area contributed by atoms with Crippen LogP contribution < -0.4 is 0 Å². The summed E-state index contributed by atoms with van der Waals surface area (Å²) in [5.41, 5.74) is -3.39. The van der Waals surface area contributed by atoms with Crippen LogP contribution in [0.4, 0.5) is 22.0 Å². The van der Waals surface area contributed by atoms with E-state index in [4.69, 9.17) is 11.6 Å². The zero-order valence-electron chi connectivity index (χ0n) is 10.2. The Balaban J connectivity index is 2.85. The molecule has 2 rings (SSSR count). The molecule has 0 fully saturated rings. The second-order valence-electron chi connectivity index (χ2n) is 3.92. The molecule has 114 valence electrons. The minimum absolute atomic E-state index is 0.252. The molecule has 2 heterocycles. The number of halogens is 6. The van der Waals surface area contributed by atoms with Gasteiger partial charge in [0.2, 0.25) is 0 Å². The van der Waals surface area contributed by atoms with E-state index < -0.39 is 46.1 Å². The summed E-state index contributed by atoms with van der Waals surface area (Å²) >= 11 is 5.73. The van der Waals surface area contributed by atoms with Gasteiger partial charge in [-0.2, -0.15) is 18.3 Å². The van der Waals surface area contributed by atoms with Crippen LogP contribution in [0.15, 0.2) is 12.1 Å². The number of ether oxygens (including phenoxy) is 1. The van der Waals surface area contributed by atoms with Crippen LogP contribution in [0.5, 0.6) is 0 Å². The number of hydrogen-bond acceptors (Lipinski definition) is 3. The minimum atomic E-state index is -4.95. The van der Waals surface area contributed by atoms with Crippen LogP contribution in [-0.4, -0.2) is 22.7 Å². The molecule has 2 aromatic heterocycles. The number of alkyl halides is 5. The van der Waals surface area contributed by atoms with Gasteiger partial charge in [0.1, 0.15) is 10.7 Å². The number of hydrogen-bond donors (Lipinski definition) is 0. The lowest BCUT2D eigenvalue weighted by Crippen LogP contribution is -2.14. The SMILES string of the molecule is COC(=O)c1nn2c(C(F)(F)F)cc(C(F)F)cc2c1Cl. The smallest absolute Gasteiger partial charge is 0.433 e. The zero-order valence-corrected chi connectivity index (χ0v) is 11.0. The Labute approximate surface area is 119 Å². The molecule has 0 N–H and O–H groups in total. The first kappa shape index (κ1) is 15.5. The van der Waals surface area contributed by atoms with Gasteiger partial charge in [0.25, 0.3) is 6.43 Å². The highest BCUT2D eigenvalue weighted by Crippen LogP contribution is 2.35. The number of fused-ring (bicyclic) bond motifs is 1. The second-order valence-corrected chi connectivity index (χ2v) is 4.30. The van der Waals surface area contributed by atoms with E-state index in [1.807, 2.05) is 0 Å². The molecule has 0 unspecified atom stereocenters. The fourth-order valence-electron chi connectivity index (χ4n) is 1.69. The lowest BCUT2D eigenvalue weighted by molar-refractivity contribution is -0.142. The van der Waals surface area contributed by atoms with Gasteiger partial charge in [-0.05, 0) is 12.1 Å². The topological polar surface area (TPSA) is 43.6 Å². The van der Waals surface area contributed by atoms with Crippen molar-refractivity contribution in [2.75, 3.05) is 7.11 Å². The van der Waals surface area contributed by atoms with Crippen LogP contribution in [0.25, 0.3) is 5.52 Å². The van der Waals surface area contributed by atoms with Gasteiger partial charge in [-0.1, -0.05) is 11.6 Å². The maximum absolute atomic E-state index is 12.9. The molecule has 0 spiro atoms. The van der Waals surface area contributed by atoms with Crippen LogP contribution >= 0.6 is 11.6 Å². The fourth-order valence-corrected chi connectivity index (χ4v) is 1.94. The van der Waals surface area contributed by atoms with E-state index in [0.29, 0.717) is 4.52 Å². The quantitative estimate of drug-likeness (QED) is 0.623. The molecule has 0 saturated heterocycles. The number of nitrogens with zero attached hydrogens (tertiary/aromatic N) is 2. The number of esters is 1. The maximum Gasteiger partial charge on any atom is 0.433 e. The Bertz CT molecular complexity index is 711. The third-order valence-electron chi connectivity index (χ3n) is 2.62. The highest BCUT2D eigenvalue weighted by Gasteiger charge is 2.36. The van der Waals surface area contributed by atoms with Crippen molar-refractivity contribution in [1.29, 1.82) is 0 Å². The molecular formula is C11H6ClF5N2O2. The lowest BCUT2D eigenvalue weighted by atomic mass is 10.2. The fraction of sp³-hybridized carbons (Fsp3) is 0.273. The van der Waals surface area contributed by atoms with Gasteiger partial charge in [0.05, 0.1) is 12.6 Å². The van der Waals surface area contributed by atoms with Crippen molar-refractivity contribution in [1.82, 2.24) is 9.61 Å². The first-order valence-corrected chi connectivity index (χ1v) is 5.70. The van der Waals surface area contributed by atoms with Crippen LogP contribution in [0.2, 0.25) is 5.02 Å². The predicted octanol–water partition coefficient (Wildman–Crippen LogP) is 3.73. The van der Waals surface area contributed by atoms with Gasteiger partial charge in [-0.3, -0.25) is 0 Å². The van der Waals surface area contributed by atoms with Crippen molar-refractivity contribution in [2.24, 2.45) is 0 Å². The van der Waals surface area contributed by atoms with Gasteiger partial charge in [0, 0.05) is 5.56 Å². The highest BCUT2D eigenvalue weighted by atomic mass is 35.5. The van der Waals surface area contributed by atoms with E-state index in [1.54, 1.807) is 0 Å². The first-order valence-electron chi connectivity index (χ1n) is 5.32. The van der Waals surface area contributed by atoms with Crippen LogP contribution in [0, 0.1) is 0 Å². The maximum atomic E-state index is 12.9. The van der Waals surface area contributed by atoms with Gasteiger partial charge in [0.15, 0.2) is 5.69 Å². The molecule has 0 bridgehead atoms. The molecule has 0 aromatic carbocycles. The van der Waals surface area contributed by atoms with Crippen molar-refractivity contribution in [3.05, 3.63) is 34.1 Å². The number of carbonyl (C=O) groups is 1. The van der Waals surface area contributed by atoms with Crippen molar-refractivity contribution >= 4 is 23.1 Å². The highest BCUT2D eigenvalue weighted by molar-refractivity contribution is 6.36. The summed E-state index contributed by atoms with van der Waals surface area (Å²) in [7, 11) is 0.984. The van der Waals surface area contributed by atoms with Gasteiger partial charge >= 0.3 is 12.1 Å². The number of methoxy groups -OCH3 is 1. The molecule has 2 aromatic rings. The largest absolute Gasteiger partial charge is 0.464 e. The number of pyridine rings is 1. The average molecular weight is 329 g/mol. The van der Waals surface area contributed by atoms with E-state index in [-0.39, 0.29) is 6.07 Å². The summed E-state index contributed by atoms with van der Waals surface area (Å²) in [6.07, 6.45) is -8.09. The van der Waals surface area contributed by atoms with E-state index in [1.165, 1.54) is 0 Å². The Morgan fingerprint density at radius 3 is 2.48 bits per heavy atom. The van der Waals surface area contributed by atoms with Gasteiger partial charge in [-0.25, -0.2) is 18.1 Å². The number of carbonyl (C=O) groups excluding carboxylic acids is 1. The van der Waals surface area contributed by atoms with Crippen molar-refractivity contribution in [3.63, 3.8) is 0 Å². The first-order chi connectivity index (χ1) is 9.66. The standard InChI is InChI=1S/C11H6ClF5N2O2/c1-21-10(20)8-7(12)5-2-4(9(13)14)3-6(11(15,16)17)19(5)18-8/h2-3,9H,1H3. The van der Waals surface area contributed by atoms with Crippen LogP contribution in [0.3, 0.4) is 0 Å². The van der Waals surface area contributed by atoms with E-state index in [2.05, 4.69) is 9.84 Å². The number of rotatable bonds is 2. The van der Waals surface area contributed by atoms with Crippen LogP contribution in [-0.2, 0) is 10.9 Å². The molecule has 21 heavy (non-hydrogen) atoms. The molecule has 0 aliphatic heterocycles. The summed E-state index contributed by atoms with van der Waals surface area (Å²) < 4.78 is 68.8. The summed E-state index contributed by atoms with van der Waals surface area (Å²) in [6.45, 7) is 0. The van der Waals surface area contributed by atoms with Crippen molar-refractivity contribution in [3.8, 4) is 0 Å². The summed E-state index contributed by atoms with van der Waals surface area (Å²) in [6, 6.07) is 0.990. The molecular weight excluding hydrogens is 323 g/mol. The van der Waals surface area contributed by atoms with E-state index in [0.717, 1.165) is 13.2 Å². The minimum Gasteiger partial charge on any atom is -0.464 e. The normalized spacial score (nSPS) is 12.2. The van der Waals surface area contributed by atoms with Gasteiger partial charge < -0.3 is 4.74 Å². The second kappa shape index (κ2) is 5.14. The molecule has 0 radical (unpaired) electrons. The molecule has 0 saturated carbocycles. The zero-order chi connectivity index (χ0) is 15.9. The molecule has 0 amide bonds. The van der Waals surface area contributed by atoms with Crippen molar-refractivity contribution in [2.45, 2.75) is 12.6 Å². The average Bonchev–Trinajstić information content (AvgIpc) is 2.73. The predicted molar refractivity (Wildman–Crippen MR) is 61.5 cm³/mol. The molecule has 0 atom stereocenters. The monoisotopic (exact) mass is 328 g/mol. The Hall–Kier alpha value is -1.90. The van der Waals surface area contributed by atoms with E-state index >= 15 is 0 Å². The van der Waals surface area contributed by atoms with Crippen LogP contribution in [0.1, 0.15) is 28.2 Å².